The lowest BCUT2D eigenvalue weighted by atomic mass is 9.83. The molecule has 3 saturated heterocycles. The fraction of sp³-hybridized carbons (Fsp3) is 0.897. The smallest absolute Gasteiger partial charge is 0.192 e. The summed E-state index contributed by atoms with van der Waals surface area (Å²) in [5.74, 6) is 5.34. The maximum absolute atomic E-state index is 10.7. The largest absolute Gasteiger partial charge is 0.414 e. The monoisotopic (exact) mass is 742 g/mol. The second-order valence-corrected chi connectivity index (χ2v) is 28.0. The van der Waals surface area contributed by atoms with Crippen LogP contribution in [0.5, 0.6) is 0 Å². The van der Waals surface area contributed by atoms with Gasteiger partial charge in [0.05, 0.1) is 68.7 Å². The molecule has 3 aliphatic heterocycles. The number of aliphatic hydroxyl groups excluding tert-OH is 1. The van der Waals surface area contributed by atoms with E-state index in [1.807, 2.05) is 0 Å². The lowest BCUT2D eigenvalue weighted by molar-refractivity contribution is -0.0794. The summed E-state index contributed by atoms with van der Waals surface area (Å²) in [5, 5.41) is 10.9. The maximum atomic E-state index is 10.7. The third-order valence-electron chi connectivity index (χ3n) is 12.6. The summed E-state index contributed by atoms with van der Waals surface area (Å²) in [6.45, 7) is 34.9. The van der Waals surface area contributed by atoms with Crippen LogP contribution in [-0.4, -0.2) is 97.5 Å². The Morgan fingerprint density at radius 3 is 2.12 bits per heavy atom. The molecule has 0 bridgehead atoms. The summed E-state index contributed by atoms with van der Waals surface area (Å²) in [5.41, 5.74) is 2.27. The van der Waals surface area contributed by atoms with Crippen molar-refractivity contribution in [3.63, 3.8) is 0 Å². The highest BCUT2D eigenvalue weighted by atomic mass is 28.4. The zero-order valence-corrected chi connectivity index (χ0v) is 35.8. The average molecular weight is 742 g/mol. The Kier molecular flexibility index (Phi) is 16.0. The molecule has 3 rings (SSSR count). The molecule has 3 fully saturated rings. The first kappa shape index (κ1) is 44.0. The minimum Gasteiger partial charge on any atom is -0.414 e. The van der Waals surface area contributed by atoms with Gasteiger partial charge in [-0.3, -0.25) is 0 Å². The SMILES string of the molecule is C=C1C[C@H](CCCON)OC1CCC1C[C@@H](C)C(=C)C(CC2OC(C[C@@H](CO[Si](C)(C)C(C)(C)C)O[Si](C)(C)C(C)(C)C)[C@H](OC)C2CO)O1. The van der Waals surface area contributed by atoms with Crippen LogP contribution < -0.4 is 5.90 Å². The molecule has 0 radical (unpaired) electrons. The molecule has 3 aliphatic rings. The molecule has 3 N–H and O–H groups in total. The van der Waals surface area contributed by atoms with Gasteiger partial charge in [0.15, 0.2) is 16.6 Å². The third-order valence-corrected chi connectivity index (χ3v) is 21.6. The van der Waals surface area contributed by atoms with Gasteiger partial charge in [0.2, 0.25) is 0 Å². The molecule has 6 unspecified atom stereocenters. The van der Waals surface area contributed by atoms with Crippen LogP contribution in [-0.2, 0) is 32.6 Å². The number of hydrogen-bond acceptors (Lipinski definition) is 9. The normalized spacial score (nSPS) is 32.2. The van der Waals surface area contributed by atoms with Gasteiger partial charge in [-0.2, -0.15) is 0 Å². The molecule has 0 amide bonds. The fourth-order valence-corrected chi connectivity index (χ4v) is 9.58. The minimum absolute atomic E-state index is 0.0220. The average Bonchev–Trinajstić information content (AvgIpc) is 3.53. The highest BCUT2D eigenvalue weighted by Gasteiger charge is 2.49. The molecule has 0 aromatic rings. The molecule has 9 nitrogen and oxygen atoms in total. The van der Waals surface area contributed by atoms with Crippen molar-refractivity contribution in [2.45, 2.75) is 185 Å². The highest BCUT2D eigenvalue weighted by molar-refractivity contribution is 6.74. The zero-order valence-electron chi connectivity index (χ0n) is 33.8. The van der Waals surface area contributed by atoms with Gasteiger partial charge < -0.3 is 37.7 Å². The maximum Gasteiger partial charge on any atom is 0.192 e. The van der Waals surface area contributed by atoms with Crippen molar-refractivity contribution >= 4 is 16.6 Å². The van der Waals surface area contributed by atoms with Crippen LogP contribution in [0.1, 0.15) is 99.8 Å². The van der Waals surface area contributed by atoms with E-state index in [0.717, 1.165) is 44.1 Å². The summed E-state index contributed by atoms with van der Waals surface area (Å²) in [7, 11) is -2.40. The topological polar surface area (TPSA) is 111 Å². The van der Waals surface area contributed by atoms with Crippen LogP contribution in [0.4, 0.5) is 0 Å². The van der Waals surface area contributed by atoms with E-state index in [4.69, 9.17) is 38.5 Å². The van der Waals surface area contributed by atoms with Crippen molar-refractivity contribution in [2.24, 2.45) is 17.7 Å². The number of nitrogens with two attached hydrogens (primary N) is 1. The Hall–Kier alpha value is -0.446. The molecule has 11 heteroatoms. The summed E-state index contributed by atoms with van der Waals surface area (Å²) in [6.07, 6.45) is 6.01. The fourth-order valence-electron chi connectivity index (χ4n) is 7.20. The van der Waals surface area contributed by atoms with Crippen molar-refractivity contribution in [2.75, 3.05) is 26.9 Å². The quantitative estimate of drug-likeness (QED) is 0.0624. The van der Waals surface area contributed by atoms with Crippen LogP contribution in [0.3, 0.4) is 0 Å². The molecule has 0 spiro atoms. The number of methoxy groups -OCH3 is 1. The van der Waals surface area contributed by atoms with E-state index >= 15 is 0 Å². The number of hydrogen-bond donors (Lipinski definition) is 2. The van der Waals surface area contributed by atoms with Gasteiger partial charge in [-0.15, -0.1) is 0 Å². The van der Waals surface area contributed by atoms with E-state index in [1.54, 1.807) is 7.11 Å². The Balaban J connectivity index is 1.70. The molecule has 3 heterocycles. The van der Waals surface area contributed by atoms with Gasteiger partial charge in [-0.05, 0) is 91.9 Å². The Morgan fingerprint density at radius 1 is 0.900 bits per heavy atom. The summed E-state index contributed by atoms with van der Waals surface area (Å²) < 4.78 is 39.9. The van der Waals surface area contributed by atoms with E-state index in [1.165, 1.54) is 5.57 Å². The van der Waals surface area contributed by atoms with Crippen molar-refractivity contribution in [1.82, 2.24) is 0 Å². The molecule has 0 saturated carbocycles. The van der Waals surface area contributed by atoms with Crippen LogP contribution in [0, 0.1) is 11.8 Å². The molecule has 10 atom stereocenters. The predicted molar refractivity (Wildman–Crippen MR) is 207 cm³/mol. The lowest BCUT2D eigenvalue weighted by Crippen LogP contribution is -2.49. The van der Waals surface area contributed by atoms with E-state index in [-0.39, 0.29) is 71.4 Å². The molecule has 0 aromatic heterocycles. The second-order valence-electron chi connectivity index (χ2n) is 18.5. The van der Waals surface area contributed by atoms with E-state index in [0.29, 0.717) is 32.0 Å². The second kappa shape index (κ2) is 18.3. The third kappa shape index (κ3) is 11.5. The van der Waals surface area contributed by atoms with Crippen molar-refractivity contribution in [3.8, 4) is 0 Å². The standard InChI is InChI=1S/C39H75NO8Si2/c1-26-20-30(17-18-33-27(2)21-29(45-33)16-15-19-43-40)46-34(28(26)3)23-35-32(24-41)37(42-10)36(47-35)22-31(48-50(13,14)39(7,8)9)25-44-49(11,12)38(4,5)6/h26,29-37,41H,2-3,15-25,40H2,1,4-14H3/t26-,29+,30?,31+,32?,33?,34?,35?,36?,37-/m1/s1. The van der Waals surface area contributed by atoms with E-state index < -0.39 is 16.6 Å². The molecular formula is C39H75NO8Si2. The van der Waals surface area contributed by atoms with Gasteiger partial charge >= 0.3 is 0 Å². The highest BCUT2D eigenvalue weighted by Crippen LogP contribution is 2.43. The van der Waals surface area contributed by atoms with E-state index in [2.05, 4.69) is 87.8 Å². The molecule has 0 aliphatic carbocycles. The molecular weight excluding hydrogens is 667 g/mol. The van der Waals surface area contributed by atoms with Gasteiger partial charge in [-0.1, -0.05) is 61.6 Å². The first-order valence-electron chi connectivity index (χ1n) is 19.2. The summed E-state index contributed by atoms with van der Waals surface area (Å²) >= 11 is 0. The van der Waals surface area contributed by atoms with Gasteiger partial charge in [-0.25, -0.2) is 5.90 Å². The van der Waals surface area contributed by atoms with Crippen LogP contribution >= 0.6 is 0 Å². The zero-order chi connectivity index (χ0) is 37.7. The van der Waals surface area contributed by atoms with Crippen LogP contribution in [0.25, 0.3) is 0 Å². The molecule has 0 aromatic carbocycles. The first-order chi connectivity index (χ1) is 23.1. The van der Waals surface area contributed by atoms with Crippen LogP contribution in [0.15, 0.2) is 24.3 Å². The number of aliphatic hydroxyl groups is 1. The van der Waals surface area contributed by atoms with Gasteiger partial charge in [0.25, 0.3) is 0 Å². The first-order valence-corrected chi connectivity index (χ1v) is 25.1. The number of rotatable bonds is 18. The lowest BCUT2D eigenvalue weighted by Gasteiger charge is -2.42. The van der Waals surface area contributed by atoms with Crippen molar-refractivity contribution in [1.29, 1.82) is 0 Å². The number of ether oxygens (including phenoxy) is 4. The van der Waals surface area contributed by atoms with Crippen LogP contribution in [0.2, 0.25) is 36.3 Å². The van der Waals surface area contributed by atoms with Crippen molar-refractivity contribution < 1.29 is 37.7 Å². The Labute approximate surface area is 307 Å². The van der Waals surface area contributed by atoms with E-state index in [9.17, 15) is 5.11 Å². The minimum atomic E-state index is -2.12. The Morgan fingerprint density at radius 2 is 1.54 bits per heavy atom. The van der Waals surface area contributed by atoms with Gasteiger partial charge in [0.1, 0.15) is 0 Å². The summed E-state index contributed by atoms with van der Waals surface area (Å²) in [4.78, 5) is 4.73. The predicted octanol–water partition coefficient (Wildman–Crippen LogP) is 8.08. The molecule has 50 heavy (non-hydrogen) atoms. The Bertz CT molecular complexity index is 1090. The summed E-state index contributed by atoms with van der Waals surface area (Å²) in [6, 6.07) is 0. The van der Waals surface area contributed by atoms with Crippen molar-refractivity contribution in [3.05, 3.63) is 24.3 Å². The molecule has 292 valence electrons. The van der Waals surface area contributed by atoms with Gasteiger partial charge in [0, 0.05) is 25.9 Å².